The molecule has 1 fully saturated rings. The van der Waals surface area contributed by atoms with Gasteiger partial charge in [0.1, 0.15) is 0 Å². The Morgan fingerprint density at radius 3 is 2.67 bits per heavy atom. The second-order valence-electron chi connectivity index (χ2n) is 5.17. The van der Waals surface area contributed by atoms with Crippen LogP contribution in [0.4, 0.5) is 0 Å². The fourth-order valence-corrected chi connectivity index (χ4v) is 4.22. The Labute approximate surface area is 108 Å². The number of benzene rings is 1. The molecule has 3 nitrogen and oxygen atoms in total. The standard InChI is InChI=1S/C14H17NO2S/c1-11-4-5-14-13(8-11)12(10-18(14,16)17)9-15-6-2-3-7-15/h4-5,8,10H,2-3,6-7,9H2,1H3. The fourth-order valence-electron chi connectivity index (χ4n) is 2.76. The predicted octanol–water partition coefficient (Wildman–Crippen LogP) is 2.22. The molecule has 0 amide bonds. The van der Waals surface area contributed by atoms with Gasteiger partial charge in [-0.05, 0) is 50.1 Å². The highest BCUT2D eigenvalue weighted by molar-refractivity contribution is 7.95. The molecule has 2 aliphatic heterocycles. The van der Waals surface area contributed by atoms with Crippen molar-refractivity contribution in [3.8, 4) is 0 Å². The van der Waals surface area contributed by atoms with Crippen LogP contribution < -0.4 is 0 Å². The molecular weight excluding hydrogens is 246 g/mol. The Bertz CT molecular complexity index is 611. The topological polar surface area (TPSA) is 37.4 Å². The number of nitrogens with zero attached hydrogens (tertiary/aromatic N) is 1. The first-order valence-corrected chi connectivity index (χ1v) is 7.90. The van der Waals surface area contributed by atoms with Gasteiger partial charge < -0.3 is 0 Å². The van der Waals surface area contributed by atoms with Gasteiger partial charge in [-0.2, -0.15) is 0 Å². The van der Waals surface area contributed by atoms with Crippen molar-refractivity contribution in [1.29, 1.82) is 0 Å². The highest BCUT2D eigenvalue weighted by Crippen LogP contribution is 2.34. The molecular formula is C14H17NO2S. The van der Waals surface area contributed by atoms with Crippen LogP contribution in [0.3, 0.4) is 0 Å². The highest BCUT2D eigenvalue weighted by Gasteiger charge is 2.28. The molecule has 0 bridgehead atoms. The first kappa shape index (κ1) is 11.9. The number of sulfone groups is 1. The van der Waals surface area contributed by atoms with Crippen molar-refractivity contribution in [2.24, 2.45) is 0 Å². The van der Waals surface area contributed by atoms with Gasteiger partial charge in [0.05, 0.1) is 4.90 Å². The molecule has 4 heteroatoms. The molecule has 1 aromatic carbocycles. The van der Waals surface area contributed by atoms with Crippen molar-refractivity contribution in [2.45, 2.75) is 24.7 Å². The summed E-state index contributed by atoms with van der Waals surface area (Å²) in [6, 6.07) is 5.58. The number of hydrogen-bond acceptors (Lipinski definition) is 3. The van der Waals surface area contributed by atoms with E-state index in [1.54, 1.807) is 6.07 Å². The highest BCUT2D eigenvalue weighted by atomic mass is 32.2. The molecule has 0 aliphatic carbocycles. The molecule has 96 valence electrons. The third-order valence-corrected chi connectivity index (χ3v) is 5.24. The van der Waals surface area contributed by atoms with Gasteiger partial charge in [0.2, 0.25) is 9.84 Å². The first-order valence-electron chi connectivity index (χ1n) is 6.35. The lowest BCUT2D eigenvalue weighted by Gasteiger charge is -2.15. The minimum atomic E-state index is -3.20. The number of likely N-dealkylation sites (tertiary alicyclic amines) is 1. The normalized spacial score (nSPS) is 21.9. The van der Waals surface area contributed by atoms with Crippen LogP contribution in [-0.4, -0.2) is 33.0 Å². The summed E-state index contributed by atoms with van der Waals surface area (Å²) in [6.07, 6.45) is 2.45. The SMILES string of the molecule is Cc1ccc2c(c1)C(CN1CCCC1)=CS2(=O)=O. The Morgan fingerprint density at radius 1 is 1.22 bits per heavy atom. The number of fused-ring (bicyclic) bond motifs is 1. The average molecular weight is 263 g/mol. The Hall–Kier alpha value is -1.13. The number of hydrogen-bond donors (Lipinski definition) is 0. The lowest BCUT2D eigenvalue weighted by atomic mass is 10.0. The molecule has 1 aromatic rings. The van der Waals surface area contributed by atoms with Crippen molar-refractivity contribution in [3.63, 3.8) is 0 Å². The third kappa shape index (κ3) is 1.99. The average Bonchev–Trinajstić information content (AvgIpc) is 2.87. The van der Waals surface area contributed by atoms with Crippen LogP contribution in [0.5, 0.6) is 0 Å². The van der Waals surface area contributed by atoms with Gasteiger partial charge in [0.25, 0.3) is 0 Å². The summed E-state index contributed by atoms with van der Waals surface area (Å²) in [5.41, 5.74) is 2.97. The van der Waals surface area contributed by atoms with Crippen LogP contribution in [0.15, 0.2) is 28.5 Å². The van der Waals surface area contributed by atoms with Crippen molar-refractivity contribution >= 4 is 15.4 Å². The summed E-state index contributed by atoms with van der Waals surface area (Å²) >= 11 is 0. The minimum Gasteiger partial charge on any atom is -0.299 e. The van der Waals surface area contributed by atoms with Crippen LogP contribution >= 0.6 is 0 Å². The quantitative estimate of drug-likeness (QED) is 0.821. The predicted molar refractivity (Wildman–Crippen MR) is 72.0 cm³/mol. The molecule has 1 saturated heterocycles. The Balaban J connectivity index is 1.99. The lowest BCUT2D eigenvalue weighted by Crippen LogP contribution is -2.21. The van der Waals surface area contributed by atoms with Crippen LogP contribution in [-0.2, 0) is 9.84 Å². The number of rotatable bonds is 2. The summed E-state index contributed by atoms with van der Waals surface area (Å²) in [4.78, 5) is 2.81. The molecule has 3 rings (SSSR count). The molecule has 0 radical (unpaired) electrons. The Morgan fingerprint density at radius 2 is 1.94 bits per heavy atom. The molecule has 0 aromatic heterocycles. The molecule has 0 unspecified atom stereocenters. The van der Waals surface area contributed by atoms with E-state index in [-0.39, 0.29) is 0 Å². The van der Waals surface area contributed by atoms with E-state index in [1.165, 1.54) is 18.2 Å². The molecule has 2 heterocycles. The maximum Gasteiger partial charge on any atom is 0.200 e. The monoisotopic (exact) mass is 263 g/mol. The zero-order chi connectivity index (χ0) is 12.8. The summed E-state index contributed by atoms with van der Waals surface area (Å²) in [7, 11) is -3.20. The van der Waals surface area contributed by atoms with Crippen molar-refractivity contribution in [1.82, 2.24) is 4.90 Å². The van der Waals surface area contributed by atoms with Crippen LogP contribution in [0.1, 0.15) is 24.0 Å². The summed E-state index contributed by atoms with van der Waals surface area (Å²) in [5.74, 6) is 0. The summed E-state index contributed by atoms with van der Waals surface area (Å²) < 4.78 is 24.1. The first-order chi connectivity index (χ1) is 8.56. The van der Waals surface area contributed by atoms with E-state index < -0.39 is 9.84 Å². The van der Waals surface area contributed by atoms with E-state index in [9.17, 15) is 8.42 Å². The van der Waals surface area contributed by atoms with Gasteiger partial charge in [-0.1, -0.05) is 17.7 Å². The van der Waals surface area contributed by atoms with Gasteiger partial charge in [-0.15, -0.1) is 0 Å². The van der Waals surface area contributed by atoms with E-state index in [1.807, 2.05) is 19.1 Å². The zero-order valence-corrected chi connectivity index (χ0v) is 11.3. The second-order valence-corrected chi connectivity index (χ2v) is 6.94. The molecule has 18 heavy (non-hydrogen) atoms. The lowest BCUT2D eigenvalue weighted by molar-refractivity contribution is 0.383. The van der Waals surface area contributed by atoms with Crippen LogP contribution in [0.25, 0.3) is 5.57 Å². The minimum absolute atomic E-state index is 0.474. The maximum absolute atomic E-state index is 12.1. The smallest absolute Gasteiger partial charge is 0.200 e. The van der Waals surface area contributed by atoms with E-state index >= 15 is 0 Å². The molecule has 0 spiro atoms. The van der Waals surface area contributed by atoms with Crippen molar-refractivity contribution < 1.29 is 8.42 Å². The van der Waals surface area contributed by atoms with Crippen molar-refractivity contribution in [3.05, 3.63) is 34.7 Å². The van der Waals surface area contributed by atoms with E-state index in [4.69, 9.17) is 0 Å². The number of aryl methyl sites for hydroxylation is 1. The molecule has 0 saturated carbocycles. The summed E-state index contributed by atoms with van der Waals surface area (Å²) in [5, 5.41) is 1.45. The van der Waals surface area contributed by atoms with Gasteiger partial charge in [-0.25, -0.2) is 8.42 Å². The molecule has 0 atom stereocenters. The zero-order valence-electron chi connectivity index (χ0n) is 10.5. The largest absolute Gasteiger partial charge is 0.299 e. The fraction of sp³-hybridized carbons (Fsp3) is 0.429. The summed E-state index contributed by atoms with van der Waals surface area (Å²) in [6.45, 7) is 4.92. The van der Waals surface area contributed by atoms with Crippen molar-refractivity contribution in [2.75, 3.05) is 19.6 Å². The van der Waals surface area contributed by atoms with E-state index in [2.05, 4.69) is 4.90 Å². The van der Waals surface area contributed by atoms with Gasteiger partial charge in [0.15, 0.2) is 0 Å². The van der Waals surface area contributed by atoms with Gasteiger partial charge >= 0.3 is 0 Å². The van der Waals surface area contributed by atoms with E-state index in [0.29, 0.717) is 4.90 Å². The molecule has 0 N–H and O–H groups in total. The van der Waals surface area contributed by atoms with Gasteiger partial charge in [0, 0.05) is 12.0 Å². The third-order valence-electron chi connectivity index (χ3n) is 3.68. The van der Waals surface area contributed by atoms with Crippen LogP contribution in [0.2, 0.25) is 0 Å². The van der Waals surface area contributed by atoms with E-state index in [0.717, 1.165) is 36.3 Å². The second kappa shape index (κ2) is 4.21. The van der Waals surface area contributed by atoms with Crippen LogP contribution in [0, 0.1) is 6.92 Å². The van der Waals surface area contributed by atoms with Gasteiger partial charge in [-0.3, -0.25) is 4.90 Å². The maximum atomic E-state index is 12.1. The Kier molecular flexibility index (Phi) is 2.79. The molecule has 2 aliphatic rings.